The maximum absolute atomic E-state index is 13.0. The van der Waals surface area contributed by atoms with E-state index in [0.29, 0.717) is 5.92 Å². The average Bonchev–Trinajstić information content (AvgIpc) is 3.59. The van der Waals surface area contributed by atoms with E-state index in [1.807, 2.05) is 26.0 Å². The minimum Gasteiger partial charge on any atom is -0.411 e. The highest BCUT2D eigenvalue weighted by Gasteiger charge is 2.70. The van der Waals surface area contributed by atoms with Crippen LogP contribution in [0.4, 0.5) is 0 Å². The molecular weight excluding hydrogens is 466 g/mol. The Morgan fingerprint density at radius 3 is 2.00 bits per heavy atom. The van der Waals surface area contributed by atoms with Crippen molar-refractivity contribution in [3.05, 3.63) is 48.1 Å². The molecule has 0 aromatic heterocycles. The number of allylic oxidation sites excluding steroid dienone is 7. The van der Waals surface area contributed by atoms with E-state index in [1.54, 1.807) is 12.2 Å². The monoisotopic (exact) mass is 517 g/mol. The molecule has 0 saturated carbocycles. The van der Waals surface area contributed by atoms with Crippen LogP contribution in [-0.4, -0.2) is 37.8 Å². The first-order valence-corrected chi connectivity index (χ1v) is 16.4. The van der Waals surface area contributed by atoms with Gasteiger partial charge in [-0.05, 0) is 55.3 Å². The Kier molecular flexibility index (Phi) is 13.3. The van der Waals surface area contributed by atoms with E-state index < -0.39 is 31.7 Å². The van der Waals surface area contributed by atoms with Crippen molar-refractivity contribution < 1.29 is 18.8 Å². The molecule has 1 aliphatic heterocycles. The molecule has 204 valence electrons. The van der Waals surface area contributed by atoms with Crippen LogP contribution in [0.2, 0.25) is 18.1 Å². The maximum Gasteiger partial charge on any atom is 0.260 e. The van der Waals surface area contributed by atoms with Crippen molar-refractivity contribution in [1.29, 1.82) is 0 Å². The van der Waals surface area contributed by atoms with Crippen molar-refractivity contribution in [2.45, 2.75) is 111 Å². The van der Waals surface area contributed by atoms with Crippen molar-refractivity contribution in [3.8, 4) is 0 Å². The lowest BCUT2D eigenvalue weighted by Crippen LogP contribution is -2.49. The van der Waals surface area contributed by atoms with Crippen molar-refractivity contribution in [2.75, 3.05) is 0 Å². The van der Waals surface area contributed by atoms with Crippen LogP contribution < -0.4 is 5.73 Å². The molecule has 0 bridgehead atoms. The number of ether oxygens (including phenoxy) is 1. The summed E-state index contributed by atoms with van der Waals surface area (Å²) in [5, 5.41) is 0. The molecule has 0 unspecified atom stereocenters. The molecule has 0 radical (unpaired) electrons. The Bertz CT molecular complexity index is 832. The van der Waals surface area contributed by atoms with Gasteiger partial charge in [0.1, 0.15) is 6.10 Å². The summed E-state index contributed by atoms with van der Waals surface area (Å²) >= 11 is 0. The Balaban J connectivity index is 2.86. The lowest BCUT2D eigenvalue weighted by Gasteiger charge is -2.34. The van der Waals surface area contributed by atoms with Gasteiger partial charge in [-0.1, -0.05) is 104 Å². The van der Waals surface area contributed by atoms with Crippen LogP contribution in [0.5, 0.6) is 0 Å². The zero-order valence-corrected chi connectivity index (χ0v) is 25.2. The first-order chi connectivity index (χ1) is 16.9. The largest absolute Gasteiger partial charge is 0.411 e. The number of carbonyl (C=O) groups excluding carboxylic acids is 2. The molecule has 0 aliphatic carbocycles. The van der Waals surface area contributed by atoms with Gasteiger partial charge in [0.15, 0.2) is 14.1 Å². The number of epoxide rings is 1. The van der Waals surface area contributed by atoms with E-state index in [2.05, 4.69) is 60.6 Å². The molecular formula is C30H51NO4Si. The lowest BCUT2D eigenvalue weighted by molar-refractivity contribution is -0.131. The van der Waals surface area contributed by atoms with E-state index in [0.717, 1.165) is 24.1 Å². The van der Waals surface area contributed by atoms with Crippen molar-refractivity contribution in [3.63, 3.8) is 0 Å². The van der Waals surface area contributed by atoms with E-state index >= 15 is 0 Å². The second-order valence-corrected chi connectivity index (χ2v) is 15.5. The van der Waals surface area contributed by atoms with Gasteiger partial charge in [-0.15, -0.1) is 0 Å². The van der Waals surface area contributed by atoms with Crippen molar-refractivity contribution >= 4 is 20.0 Å². The third-order valence-electron chi connectivity index (χ3n) is 7.62. The molecule has 1 heterocycles. The van der Waals surface area contributed by atoms with Crippen LogP contribution >= 0.6 is 0 Å². The van der Waals surface area contributed by atoms with Gasteiger partial charge in [0.2, 0.25) is 5.60 Å². The number of primary amides is 1. The zero-order valence-electron chi connectivity index (χ0n) is 24.2. The third-order valence-corrected chi connectivity index (χ3v) is 12.3. The predicted octanol–water partition coefficient (Wildman–Crippen LogP) is 6.91. The van der Waals surface area contributed by atoms with E-state index in [4.69, 9.17) is 14.9 Å². The Labute approximate surface area is 221 Å². The highest BCUT2D eigenvalue weighted by atomic mass is 28.4. The predicted molar refractivity (Wildman–Crippen MR) is 153 cm³/mol. The number of hydrogen-bond donors (Lipinski definition) is 1. The fourth-order valence-corrected chi connectivity index (χ4v) is 7.77. The number of ketones is 1. The first-order valence-electron chi connectivity index (χ1n) is 13.8. The molecule has 2 N–H and O–H groups in total. The second-order valence-electron chi connectivity index (χ2n) is 10.8. The van der Waals surface area contributed by atoms with E-state index in [-0.39, 0.29) is 12.0 Å². The van der Waals surface area contributed by atoms with Gasteiger partial charge < -0.3 is 14.9 Å². The molecule has 1 amide bonds. The summed E-state index contributed by atoms with van der Waals surface area (Å²) in [7, 11) is -1.95. The van der Waals surface area contributed by atoms with Crippen LogP contribution in [0, 0.1) is 17.8 Å². The normalized spacial score (nSPS) is 23.6. The zero-order chi connectivity index (χ0) is 27.5. The Hall–Kier alpha value is -1.76. The SMILES string of the molecule is CC[C@@H](C)C[C@@H](C)/C=C(C)/C=C/C=C/C=C/C(=O)[C@]1(C(N)=O)O[C@H]1[C@H](O[Si](CC)(CC)CC)C(C)C. The molecule has 0 aromatic rings. The van der Waals surface area contributed by atoms with Gasteiger partial charge in [0.25, 0.3) is 5.91 Å². The second kappa shape index (κ2) is 14.8. The molecule has 1 rings (SSSR count). The van der Waals surface area contributed by atoms with Gasteiger partial charge in [-0.25, -0.2) is 0 Å². The van der Waals surface area contributed by atoms with Gasteiger partial charge in [-0.3, -0.25) is 9.59 Å². The number of carbonyl (C=O) groups is 2. The highest BCUT2D eigenvalue weighted by Crippen LogP contribution is 2.44. The van der Waals surface area contributed by atoms with E-state index in [9.17, 15) is 9.59 Å². The van der Waals surface area contributed by atoms with Crippen molar-refractivity contribution in [2.24, 2.45) is 23.5 Å². The maximum atomic E-state index is 13.0. The smallest absolute Gasteiger partial charge is 0.260 e. The van der Waals surface area contributed by atoms with Gasteiger partial charge in [-0.2, -0.15) is 0 Å². The van der Waals surface area contributed by atoms with Crippen LogP contribution in [0.25, 0.3) is 0 Å². The summed E-state index contributed by atoms with van der Waals surface area (Å²) in [6, 6.07) is 2.95. The summed E-state index contributed by atoms with van der Waals surface area (Å²) in [5.41, 5.74) is 5.27. The number of hydrogen-bond acceptors (Lipinski definition) is 4. The summed E-state index contributed by atoms with van der Waals surface area (Å²) in [6.07, 6.45) is 14.4. The molecule has 36 heavy (non-hydrogen) atoms. The molecule has 5 atom stereocenters. The van der Waals surface area contributed by atoms with Gasteiger partial charge >= 0.3 is 0 Å². The lowest BCUT2D eigenvalue weighted by atomic mass is 9.91. The fraction of sp³-hybridized carbons (Fsp3) is 0.667. The fourth-order valence-electron chi connectivity index (χ4n) is 4.79. The summed E-state index contributed by atoms with van der Waals surface area (Å²) in [4.78, 5) is 25.4. The summed E-state index contributed by atoms with van der Waals surface area (Å²) in [6.45, 7) is 19.4. The van der Waals surface area contributed by atoms with Gasteiger partial charge in [0, 0.05) is 0 Å². The molecule has 0 spiro atoms. The van der Waals surface area contributed by atoms with Gasteiger partial charge in [0.05, 0.1) is 6.10 Å². The molecule has 1 fully saturated rings. The minimum atomic E-state index is -1.95. The minimum absolute atomic E-state index is 0.0961. The van der Waals surface area contributed by atoms with Crippen LogP contribution in [0.15, 0.2) is 48.1 Å². The molecule has 6 heteroatoms. The standard InChI is InChI=1S/C30H51NO4Si/c1-10-23(7)20-25(9)21-24(8)18-16-14-15-17-19-26(32)30(29(31)33)28(34-30)27(22(5)6)35-36(11-2,12-3)13-4/h14-19,21-23,25,27-28H,10-13,20H2,1-9H3,(H2,31,33)/b15-14+,18-16+,19-17+,24-21+/t23-,25-,27-,28+,30+/m1/s1. The Morgan fingerprint density at radius 2 is 1.53 bits per heavy atom. The third kappa shape index (κ3) is 8.67. The first kappa shape index (κ1) is 32.3. The number of amides is 1. The molecule has 1 aliphatic rings. The number of nitrogens with two attached hydrogens (primary N) is 1. The summed E-state index contributed by atoms with van der Waals surface area (Å²) in [5.74, 6) is 0.199. The van der Waals surface area contributed by atoms with Crippen LogP contribution in [0.1, 0.15) is 75.2 Å². The Morgan fingerprint density at radius 1 is 0.972 bits per heavy atom. The topological polar surface area (TPSA) is 81.9 Å². The summed E-state index contributed by atoms with van der Waals surface area (Å²) < 4.78 is 12.5. The molecule has 5 nitrogen and oxygen atoms in total. The quantitative estimate of drug-likeness (QED) is 0.0747. The van der Waals surface area contributed by atoms with Crippen LogP contribution in [0.3, 0.4) is 0 Å². The molecule has 1 saturated heterocycles. The number of rotatable bonds is 17. The average molecular weight is 518 g/mol. The van der Waals surface area contributed by atoms with Crippen LogP contribution in [-0.2, 0) is 18.8 Å². The molecule has 0 aromatic carbocycles. The van der Waals surface area contributed by atoms with E-state index in [1.165, 1.54) is 24.5 Å². The van der Waals surface area contributed by atoms with Crippen molar-refractivity contribution in [1.82, 2.24) is 0 Å². The highest BCUT2D eigenvalue weighted by molar-refractivity contribution is 6.73.